The molecule has 0 spiro atoms. The molecule has 1 saturated heterocycles. The van der Waals surface area contributed by atoms with E-state index in [1.807, 2.05) is 12.3 Å². The van der Waals surface area contributed by atoms with Gasteiger partial charge in [-0.1, -0.05) is 6.07 Å². The van der Waals surface area contributed by atoms with E-state index in [-0.39, 0.29) is 11.9 Å². The van der Waals surface area contributed by atoms with Gasteiger partial charge in [-0.25, -0.2) is 0 Å². The van der Waals surface area contributed by atoms with Crippen LogP contribution in [0.25, 0.3) is 0 Å². The fourth-order valence-corrected chi connectivity index (χ4v) is 5.55. The van der Waals surface area contributed by atoms with Crippen molar-refractivity contribution in [3.63, 3.8) is 0 Å². The van der Waals surface area contributed by atoms with Crippen LogP contribution in [0, 0.1) is 0 Å². The normalized spacial score (nSPS) is 18.8. The Hall–Kier alpha value is -1.72. The molecule has 1 amide bonds. The monoisotopic (exact) mass is 355 g/mol. The molecule has 0 radical (unpaired) electrons. The van der Waals surface area contributed by atoms with Gasteiger partial charge in [0.25, 0.3) is 0 Å². The lowest BCUT2D eigenvalue weighted by Crippen LogP contribution is -2.28. The van der Waals surface area contributed by atoms with Gasteiger partial charge >= 0.3 is 0 Å². The number of anilines is 1. The summed E-state index contributed by atoms with van der Waals surface area (Å²) in [6.45, 7) is 3.81. The van der Waals surface area contributed by atoms with Gasteiger partial charge in [-0.15, -0.1) is 11.3 Å². The number of nitrogens with zero attached hydrogens (tertiary/aromatic N) is 2. The first kappa shape index (κ1) is 16.7. The summed E-state index contributed by atoms with van der Waals surface area (Å²) in [5, 5.41) is 4.17. The van der Waals surface area contributed by atoms with Crippen molar-refractivity contribution in [1.82, 2.24) is 9.88 Å². The molecule has 4 rings (SSSR count). The zero-order valence-corrected chi connectivity index (χ0v) is 15.6. The maximum atomic E-state index is 11.8. The number of amides is 1. The third kappa shape index (κ3) is 3.35. The molecule has 0 unspecified atom stereocenters. The van der Waals surface area contributed by atoms with Crippen molar-refractivity contribution in [2.24, 2.45) is 0 Å². The number of rotatable bonds is 4. The molecule has 1 atom stereocenters. The molecule has 0 saturated carbocycles. The van der Waals surface area contributed by atoms with Crippen molar-refractivity contribution in [1.29, 1.82) is 0 Å². The second-order valence-electron chi connectivity index (χ2n) is 7.04. The van der Waals surface area contributed by atoms with E-state index < -0.39 is 0 Å². The van der Waals surface area contributed by atoms with Crippen molar-refractivity contribution < 1.29 is 4.79 Å². The van der Waals surface area contributed by atoms with Crippen molar-refractivity contribution in [2.45, 2.75) is 51.5 Å². The quantitative estimate of drug-likeness (QED) is 0.895. The highest BCUT2D eigenvalue weighted by atomic mass is 32.1. The average molecular weight is 356 g/mol. The van der Waals surface area contributed by atoms with Gasteiger partial charge in [0.1, 0.15) is 5.00 Å². The second kappa shape index (κ2) is 7.26. The molecule has 132 valence electrons. The van der Waals surface area contributed by atoms with Crippen LogP contribution in [0.15, 0.2) is 24.4 Å². The van der Waals surface area contributed by atoms with Crippen LogP contribution in [0.5, 0.6) is 0 Å². The van der Waals surface area contributed by atoms with Gasteiger partial charge in [-0.3, -0.25) is 14.7 Å². The smallest absolute Gasteiger partial charge is 0.221 e. The first-order valence-electron chi connectivity index (χ1n) is 9.31. The molecule has 0 bridgehead atoms. The topological polar surface area (TPSA) is 45.2 Å². The number of hydrogen-bond acceptors (Lipinski definition) is 4. The summed E-state index contributed by atoms with van der Waals surface area (Å²) in [6.07, 6.45) is 9.13. The molecule has 2 aliphatic rings. The Bertz CT molecular complexity index is 750. The Morgan fingerprint density at radius 2 is 2.00 bits per heavy atom. The highest BCUT2D eigenvalue weighted by Crippen LogP contribution is 2.45. The number of fused-ring (bicyclic) bond motifs is 1. The number of aromatic nitrogens is 1. The molecule has 1 fully saturated rings. The van der Waals surface area contributed by atoms with Crippen LogP contribution >= 0.6 is 11.3 Å². The first-order valence-corrected chi connectivity index (χ1v) is 10.1. The van der Waals surface area contributed by atoms with Gasteiger partial charge in [0, 0.05) is 23.6 Å². The molecule has 1 N–H and O–H groups in total. The van der Waals surface area contributed by atoms with Gasteiger partial charge < -0.3 is 5.32 Å². The summed E-state index contributed by atoms with van der Waals surface area (Å²) in [4.78, 5) is 20.5. The van der Waals surface area contributed by atoms with Crippen LogP contribution in [-0.4, -0.2) is 28.9 Å². The summed E-state index contributed by atoms with van der Waals surface area (Å²) >= 11 is 1.79. The zero-order valence-electron chi connectivity index (χ0n) is 14.8. The molecule has 0 aromatic carbocycles. The van der Waals surface area contributed by atoms with Crippen molar-refractivity contribution >= 4 is 22.2 Å². The van der Waals surface area contributed by atoms with E-state index in [2.05, 4.69) is 22.3 Å². The molecule has 2 aromatic heterocycles. The maximum Gasteiger partial charge on any atom is 0.221 e. The van der Waals surface area contributed by atoms with Crippen LogP contribution in [0.1, 0.15) is 60.3 Å². The SMILES string of the molecule is CC(=O)Nc1sc2c(c1[C@H](c1ccccn1)N1CCCC1)CCCC2. The summed E-state index contributed by atoms with van der Waals surface area (Å²) in [7, 11) is 0. The van der Waals surface area contributed by atoms with Crippen molar-refractivity contribution in [2.75, 3.05) is 18.4 Å². The Kier molecular flexibility index (Phi) is 4.86. The highest BCUT2D eigenvalue weighted by Gasteiger charge is 2.33. The summed E-state index contributed by atoms with van der Waals surface area (Å²) in [5.41, 5.74) is 3.89. The summed E-state index contributed by atoms with van der Waals surface area (Å²) in [6, 6.07) is 6.33. The van der Waals surface area contributed by atoms with Crippen LogP contribution < -0.4 is 5.32 Å². The van der Waals surface area contributed by atoms with E-state index in [0.29, 0.717) is 0 Å². The van der Waals surface area contributed by atoms with Gasteiger partial charge in [-0.05, 0) is 69.3 Å². The summed E-state index contributed by atoms with van der Waals surface area (Å²) < 4.78 is 0. The number of carbonyl (C=O) groups is 1. The minimum Gasteiger partial charge on any atom is -0.318 e. The molecule has 25 heavy (non-hydrogen) atoms. The minimum atomic E-state index is 0.0149. The lowest BCUT2D eigenvalue weighted by Gasteiger charge is -2.29. The van der Waals surface area contributed by atoms with Gasteiger partial charge in [0.15, 0.2) is 0 Å². The fraction of sp³-hybridized carbons (Fsp3) is 0.500. The van der Waals surface area contributed by atoms with Crippen molar-refractivity contribution in [3.05, 3.63) is 46.1 Å². The molecule has 3 heterocycles. The highest BCUT2D eigenvalue weighted by molar-refractivity contribution is 7.16. The Labute approximate surface area is 153 Å². The number of pyridine rings is 1. The number of carbonyl (C=O) groups excluding carboxylic acids is 1. The van der Waals surface area contributed by atoms with E-state index in [1.54, 1.807) is 18.3 Å². The van der Waals surface area contributed by atoms with E-state index >= 15 is 0 Å². The number of likely N-dealkylation sites (tertiary alicyclic amines) is 1. The van der Waals surface area contributed by atoms with E-state index in [4.69, 9.17) is 4.98 Å². The predicted octanol–water partition coefficient (Wildman–Crippen LogP) is 4.17. The molecule has 1 aliphatic carbocycles. The minimum absolute atomic E-state index is 0.0149. The molecular weight excluding hydrogens is 330 g/mol. The second-order valence-corrected chi connectivity index (χ2v) is 8.14. The van der Waals surface area contributed by atoms with Gasteiger partial charge in [0.2, 0.25) is 5.91 Å². The molecule has 2 aromatic rings. The Morgan fingerprint density at radius 3 is 2.72 bits per heavy atom. The van der Waals surface area contributed by atoms with Gasteiger partial charge in [-0.2, -0.15) is 0 Å². The van der Waals surface area contributed by atoms with Gasteiger partial charge in [0.05, 0.1) is 11.7 Å². The molecule has 1 aliphatic heterocycles. The largest absolute Gasteiger partial charge is 0.318 e. The lowest BCUT2D eigenvalue weighted by molar-refractivity contribution is -0.114. The first-order chi connectivity index (χ1) is 12.2. The number of hydrogen-bond donors (Lipinski definition) is 1. The maximum absolute atomic E-state index is 11.8. The zero-order chi connectivity index (χ0) is 17.2. The van der Waals surface area contributed by atoms with Crippen LogP contribution in [0.4, 0.5) is 5.00 Å². The third-order valence-electron chi connectivity index (χ3n) is 5.25. The summed E-state index contributed by atoms with van der Waals surface area (Å²) in [5.74, 6) is 0.0149. The average Bonchev–Trinajstić information content (AvgIpc) is 3.25. The van der Waals surface area contributed by atoms with Crippen LogP contribution in [0.2, 0.25) is 0 Å². The fourth-order valence-electron chi connectivity index (χ4n) is 4.19. The van der Waals surface area contributed by atoms with E-state index in [9.17, 15) is 4.79 Å². The Morgan fingerprint density at radius 1 is 1.20 bits per heavy atom. The standard InChI is InChI=1S/C20H25N3OS/c1-14(24)22-20-18(15-8-2-3-10-17(15)25-20)19(23-12-6-7-13-23)16-9-4-5-11-21-16/h4-5,9,11,19H,2-3,6-8,10,12-13H2,1H3,(H,22,24)/t19-/m0/s1. The molecular formula is C20H25N3OS. The molecule has 4 nitrogen and oxygen atoms in total. The third-order valence-corrected chi connectivity index (χ3v) is 6.47. The lowest BCUT2D eigenvalue weighted by atomic mass is 9.90. The van der Waals surface area contributed by atoms with E-state index in [1.165, 1.54) is 41.7 Å². The van der Waals surface area contributed by atoms with Crippen LogP contribution in [-0.2, 0) is 17.6 Å². The number of nitrogens with one attached hydrogen (secondary N) is 1. The number of thiophene rings is 1. The number of aryl methyl sites for hydroxylation is 1. The molecule has 5 heteroatoms. The van der Waals surface area contributed by atoms with Crippen molar-refractivity contribution in [3.8, 4) is 0 Å². The predicted molar refractivity (Wildman–Crippen MR) is 102 cm³/mol. The van der Waals surface area contributed by atoms with E-state index in [0.717, 1.165) is 36.6 Å². The van der Waals surface area contributed by atoms with Crippen LogP contribution in [0.3, 0.4) is 0 Å². The Balaban J connectivity index is 1.85.